The summed E-state index contributed by atoms with van der Waals surface area (Å²) in [6, 6.07) is 13.5. The number of thiazole rings is 1. The molecule has 0 radical (unpaired) electrons. The summed E-state index contributed by atoms with van der Waals surface area (Å²) in [5, 5.41) is 3.74. The highest BCUT2D eigenvalue weighted by Crippen LogP contribution is 2.24. The van der Waals surface area contributed by atoms with Gasteiger partial charge in [0.25, 0.3) is 5.91 Å². The quantitative estimate of drug-likeness (QED) is 0.633. The Morgan fingerprint density at radius 3 is 2.88 bits per heavy atom. The first-order valence-electron chi connectivity index (χ1n) is 7.72. The minimum absolute atomic E-state index is 0.0966. The molecule has 3 rings (SSSR count). The molecule has 0 atom stereocenters. The molecule has 5 nitrogen and oxygen atoms in total. The zero-order chi connectivity index (χ0) is 16.6. The highest BCUT2D eigenvalue weighted by molar-refractivity contribution is 7.16. The lowest BCUT2D eigenvalue weighted by Crippen LogP contribution is -2.24. The topological polar surface area (TPSA) is 64.4 Å². The smallest absolute Gasteiger partial charge is 0.263 e. The summed E-state index contributed by atoms with van der Waals surface area (Å²) in [6.07, 6.45) is 3.99. The SMILES string of the molecule is O=C(NCCCOCc1ccco1)c1cnc(-c2ccccc2)s1. The van der Waals surface area contributed by atoms with Crippen LogP contribution in [0.3, 0.4) is 0 Å². The Kier molecular flexibility index (Phi) is 5.76. The molecule has 24 heavy (non-hydrogen) atoms. The van der Waals surface area contributed by atoms with Crippen LogP contribution in [0.25, 0.3) is 10.6 Å². The number of furan rings is 1. The summed E-state index contributed by atoms with van der Waals surface area (Å²) in [4.78, 5) is 17.0. The summed E-state index contributed by atoms with van der Waals surface area (Å²) in [7, 11) is 0. The van der Waals surface area contributed by atoms with Crippen LogP contribution in [0.2, 0.25) is 0 Å². The van der Waals surface area contributed by atoms with Crippen molar-refractivity contribution in [3.05, 3.63) is 65.6 Å². The van der Waals surface area contributed by atoms with Crippen molar-refractivity contribution in [2.45, 2.75) is 13.0 Å². The van der Waals surface area contributed by atoms with E-state index in [0.29, 0.717) is 24.6 Å². The molecule has 0 aliphatic carbocycles. The number of amides is 1. The third kappa shape index (κ3) is 4.53. The van der Waals surface area contributed by atoms with Gasteiger partial charge in [-0.1, -0.05) is 30.3 Å². The molecule has 1 aromatic carbocycles. The molecule has 0 spiro atoms. The summed E-state index contributed by atoms with van der Waals surface area (Å²) >= 11 is 1.39. The van der Waals surface area contributed by atoms with Crippen molar-refractivity contribution >= 4 is 17.2 Å². The fourth-order valence-corrected chi connectivity index (χ4v) is 2.96. The highest BCUT2D eigenvalue weighted by atomic mass is 32.1. The lowest BCUT2D eigenvalue weighted by molar-refractivity contribution is 0.0920. The van der Waals surface area contributed by atoms with E-state index in [9.17, 15) is 4.79 Å². The Morgan fingerprint density at radius 1 is 1.21 bits per heavy atom. The van der Waals surface area contributed by atoms with E-state index >= 15 is 0 Å². The number of nitrogens with one attached hydrogen (secondary N) is 1. The van der Waals surface area contributed by atoms with Crippen LogP contribution in [0, 0.1) is 0 Å². The Hall–Kier alpha value is -2.44. The van der Waals surface area contributed by atoms with Crippen LogP contribution < -0.4 is 5.32 Å². The molecular weight excluding hydrogens is 324 g/mol. The van der Waals surface area contributed by atoms with E-state index in [2.05, 4.69) is 10.3 Å². The van der Waals surface area contributed by atoms with Crippen molar-refractivity contribution in [2.24, 2.45) is 0 Å². The molecule has 0 aliphatic heterocycles. The lowest BCUT2D eigenvalue weighted by Gasteiger charge is -2.04. The van der Waals surface area contributed by atoms with Crippen LogP contribution in [0.5, 0.6) is 0 Å². The predicted octanol–water partition coefficient (Wildman–Crippen LogP) is 3.74. The molecule has 0 unspecified atom stereocenters. The number of hydrogen-bond acceptors (Lipinski definition) is 5. The minimum atomic E-state index is -0.0966. The van der Waals surface area contributed by atoms with E-state index in [-0.39, 0.29) is 5.91 Å². The highest BCUT2D eigenvalue weighted by Gasteiger charge is 2.10. The van der Waals surface area contributed by atoms with Gasteiger partial charge < -0.3 is 14.5 Å². The zero-order valence-electron chi connectivity index (χ0n) is 13.1. The molecule has 2 aromatic heterocycles. The molecule has 0 bridgehead atoms. The van der Waals surface area contributed by atoms with E-state index in [0.717, 1.165) is 22.8 Å². The number of rotatable bonds is 8. The van der Waals surface area contributed by atoms with E-state index in [4.69, 9.17) is 9.15 Å². The number of carbonyl (C=O) groups is 1. The largest absolute Gasteiger partial charge is 0.467 e. The maximum Gasteiger partial charge on any atom is 0.263 e. The first-order valence-corrected chi connectivity index (χ1v) is 8.54. The van der Waals surface area contributed by atoms with Crippen LogP contribution in [-0.2, 0) is 11.3 Å². The van der Waals surface area contributed by atoms with Crippen LogP contribution in [0.1, 0.15) is 21.9 Å². The van der Waals surface area contributed by atoms with Crippen molar-refractivity contribution < 1.29 is 13.9 Å². The summed E-state index contributed by atoms with van der Waals surface area (Å²) in [6.45, 7) is 1.59. The first-order chi connectivity index (χ1) is 11.8. The van der Waals surface area contributed by atoms with Gasteiger partial charge in [-0.15, -0.1) is 11.3 Å². The van der Waals surface area contributed by atoms with Crippen molar-refractivity contribution in [3.8, 4) is 10.6 Å². The van der Waals surface area contributed by atoms with Gasteiger partial charge in [0.05, 0.1) is 12.5 Å². The van der Waals surface area contributed by atoms with Gasteiger partial charge in [0, 0.05) is 18.7 Å². The second-order valence-electron chi connectivity index (χ2n) is 5.14. The summed E-state index contributed by atoms with van der Waals surface area (Å²) in [5.74, 6) is 0.706. The Bertz CT molecular complexity index is 754. The molecule has 3 aromatic rings. The van der Waals surface area contributed by atoms with Gasteiger partial charge in [0.2, 0.25) is 0 Å². The third-order valence-corrected chi connectivity index (χ3v) is 4.37. The number of nitrogens with zero attached hydrogens (tertiary/aromatic N) is 1. The van der Waals surface area contributed by atoms with Crippen LogP contribution >= 0.6 is 11.3 Å². The summed E-state index contributed by atoms with van der Waals surface area (Å²) in [5.41, 5.74) is 1.02. The van der Waals surface area contributed by atoms with E-state index in [1.807, 2.05) is 42.5 Å². The third-order valence-electron chi connectivity index (χ3n) is 3.33. The van der Waals surface area contributed by atoms with Crippen molar-refractivity contribution in [3.63, 3.8) is 0 Å². The van der Waals surface area contributed by atoms with Crippen LogP contribution in [-0.4, -0.2) is 24.0 Å². The average molecular weight is 342 g/mol. The molecule has 0 fully saturated rings. The van der Waals surface area contributed by atoms with Crippen LogP contribution in [0.15, 0.2) is 59.3 Å². The molecule has 1 N–H and O–H groups in total. The van der Waals surface area contributed by atoms with E-state index in [1.54, 1.807) is 12.5 Å². The standard InChI is InChI=1S/C18H18N2O3S/c21-17(19-9-5-10-22-13-15-8-4-11-23-15)16-12-20-18(24-16)14-6-2-1-3-7-14/h1-4,6-8,11-12H,5,9-10,13H2,(H,19,21). The Labute approximate surface area is 144 Å². The monoisotopic (exact) mass is 342 g/mol. The lowest BCUT2D eigenvalue weighted by atomic mass is 10.2. The molecule has 2 heterocycles. The molecule has 0 aliphatic rings. The molecule has 0 saturated heterocycles. The number of aromatic nitrogens is 1. The maximum atomic E-state index is 12.1. The number of benzene rings is 1. The number of hydrogen-bond donors (Lipinski definition) is 1. The van der Waals surface area contributed by atoms with Gasteiger partial charge in [0.1, 0.15) is 22.3 Å². The molecular formula is C18H18N2O3S. The van der Waals surface area contributed by atoms with E-state index in [1.165, 1.54) is 11.3 Å². The van der Waals surface area contributed by atoms with Crippen molar-refractivity contribution in [2.75, 3.05) is 13.2 Å². The summed E-state index contributed by atoms with van der Waals surface area (Å²) < 4.78 is 10.6. The zero-order valence-corrected chi connectivity index (χ0v) is 13.9. The van der Waals surface area contributed by atoms with Crippen molar-refractivity contribution in [1.82, 2.24) is 10.3 Å². The first kappa shape index (κ1) is 16.4. The molecule has 6 heteroatoms. The fourth-order valence-electron chi connectivity index (χ4n) is 2.12. The normalized spacial score (nSPS) is 10.7. The van der Waals surface area contributed by atoms with Crippen LogP contribution in [0.4, 0.5) is 0 Å². The van der Waals surface area contributed by atoms with Gasteiger partial charge in [-0.05, 0) is 18.6 Å². The number of ether oxygens (including phenoxy) is 1. The average Bonchev–Trinajstić information content (AvgIpc) is 3.30. The van der Waals surface area contributed by atoms with Gasteiger partial charge in [0.15, 0.2) is 0 Å². The number of carbonyl (C=O) groups excluding carboxylic acids is 1. The Balaban J connectivity index is 1.38. The van der Waals surface area contributed by atoms with Gasteiger partial charge in [-0.2, -0.15) is 0 Å². The van der Waals surface area contributed by atoms with Gasteiger partial charge in [-0.25, -0.2) is 4.98 Å². The van der Waals surface area contributed by atoms with E-state index < -0.39 is 0 Å². The second-order valence-corrected chi connectivity index (χ2v) is 6.17. The molecule has 0 saturated carbocycles. The molecule has 124 valence electrons. The fraction of sp³-hybridized carbons (Fsp3) is 0.222. The van der Waals surface area contributed by atoms with Gasteiger partial charge >= 0.3 is 0 Å². The van der Waals surface area contributed by atoms with Crippen molar-refractivity contribution in [1.29, 1.82) is 0 Å². The Morgan fingerprint density at radius 2 is 2.08 bits per heavy atom. The second kappa shape index (κ2) is 8.42. The van der Waals surface area contributed by atoms with Gasteiger partial charge in [-0.3, -0.25) is 4.79 Å². The minimum Gasteiger partial charge on any atom is -0.467 e. The molecule has 1 amide bonds. The predicted molar refractivity (Wildman–Crippen MR) is 92.9 cm³/mol. The maximum absolute atomic E-state index is 12.1.